The van der Waals surface area contributed by atoms with Crippen molar-refractivity contribution in [2.75, 3.05) is 10.6 Å². The van der Waals surface area contributed by atoms with Gasteiger partial charge in [0.1, 0.15) is 0 Å². The predicted octanol–water partition coefficient (Wildman–Crippen LogP) is 3.76. The third-order valence-corrected chi connectivity index (χ3v) is 8.49. The van der Waals surface area contributed by atoms with E-state index < -0.39 is 13.8 Å². The Kier molecular flexibility index (Phi) is 4.56. The van der Waals surface area contributed by atoms with Crippen LogP contribution in [-0.2, 0) is 3.83 Å². The van der Waals surface area contributed by atoms with Gasteiger partial charge in [0.25, 0.3) is 0 Å². The minimum absolute atomic E-state index is 0.634. The molecule has 3 nitrogen and oxygen atoms in total. The van der Waals surface area contributed by atoms with Crippen LogP contribution >= 0.6 is 9.24 Å². The fraction of sp³-hybridized carbons (Fsp3) is 0. The maximum absolute atomic E-state index is 13.5. The molecule has 0 saturated carbocycles. The molecule has 2 N–H and O–H groups in total. The molecule has 1 heterocycles. The van der Waals surface area contributed by atoms with Gasteiger partial charge in [0.15, 0.2) is 0 Å². The van der Waals surface area contributed by atoms with Crippen LogP contribution in [-0.4, -0.2) is 13.8 Å². The number of benzene rings is 4. The fourth-order valence-corrected chi connectivity index (χ4v) is 7.28. The van der Waals surface area contributed by atoms with Crippen LogP contribution in [0.4, 0.5) is 22.7 Å². The van der Waals surface area contributed by atoms with Crippen molar-refractivity contribution >= 4 is 60.1 Å². The molecule has 2 atom stereocenters. The molecule has 5 heteroatoms. The summed E-state index contributed by atoms with van der Waals surface area (Å²) in [5, 5.41) is 1.02. The van der Waals surface area contributed by atoms with Gasteiger partial charge in [0, 0.05) is 0 Å². The number of para-hydroxylation sites is 1. The Morgan fingerprint density at radius 2 is 1.38 bits per heavy atom. The second-order valence-corrected chi connectivity index (χ2v) is 10.6. The monoisotopic (exact) mass is 462 g/mol. The van der Waals surface area contributed by atoms with Crippen molar-refractivity contribution in [3.05, 3.63) is 91.0 Å². The molecule has 4 aromatic rings. The number of nitrogen functional groups attached to an aromatic ring is 1. The van der Waals surface area contributed by atoms with Gasteiger partial charge < -0.3 is 0 Å². The molecule has 0 amide bonds. The van der Waals surface area contributed by atoms with Gasteiger partial charge in [-0.3, -0.25) is 0 Å². The van der Waals surface area contributed by atoms with Gasteiger partial charge in [-0.15, -0.1) is 0 Å². The van der Waals surface area contributed by atoms with E-state index in [0.717, 1.165) is 42.4 Å². The average molecular weight is 461 g/mol. The standard InChI is InChI=1S/C24H19N2OPSe/c25-17-10-12-21-23(14-17)29(27)24-15-18(28)11-13-22(24)26(21)20-9-5-4-8-19(20)16-6-2-1-3-7-16/h1-15H,25,28H2. The minimum atomic E-state index is -2.42. The third-order valence-electron chi connectivity index (χ3n) is 5.08. The topological polar surface area (TPSA) is 46.3 Å². The molecule has 0 aromatic heterocycles. The fourth-order valence-electron chi connectivity index (χ4n) is 3.77. The SMILES string of the molecule is Nc1ccc2c(c1)[Se](=O)c1cc(P)ccc1N2c1ccccc1-c1ccccc1. The first-order valence-electron chi connectivity index (χ1n) is 9.29. The molecule has 29 heavy (non-hydrogen) atoms. The maximum atomic E-state index is 13.5. The number of hydrogen-bond donors (Lipinski definition) is 1. The molecule has 0 saturated heterocycles. The molecule has 142 valence electrons. The number of fused-ring (bicyclic) bond motifs is 2. The van der Waals surface area contributed by atoms with Crippen molar-refractivity contribution in [2.24, 2.45) is 0 Å². The summed E-state index contributed by atoms with van der Waals surface area (Å²) in [4.78, 5) is 2.22. The molecule has 0 radical (unpaired) electrons. The van der Waals surface area contributed by atoms with Gasteiger partial charge in [0.05, 0.1) is 0 Å². The first-order chi connectivity index (χ1) is 14.1. The molecule has 4 aromatic carbocycles. The molecule has 0 aliphatic carbocycles. The van der Waals surface area contributed by atoms with Crippen molar-refractivity contribution in [1.82, 2.24) is 0 Å². The van der Waals surface area contributed by atoms with E-state index in [9.17, 15) is 3.83 Å². The summed E-state index contributed by atoms with van der Waals surface area (Å²) in [7, 11) is 2.70. The van der Waals surface area contributed by atoms with E-state index in [-0.39, 0.29) is 0 Å². The van der Waals surface area contributed by atoms with Crippen LogP contribution in [0.1, 0.15) is 0 Å². The van der Waals surface area contributed by atoms with Gasteiger partial charge in [-0.1, -0.05) is 0 Å². The van der Waals surface area contributed by atoms with Crippen LogP contribution in [0.15, 0.2) is 91.0 Å². The Balaban J connectivity index is 1.82. The molecular weight excluding hydrogens is 442 g/mol. The van der Waals surface area contributed by atoms with E-state index in [0.29, 0.717) is 5.69 Å². The molecule has 2 unspecified atom stereocenters. The van der Waals surface area contributed by atoms with Crippen LogP contribution in [0.3, 0.4) is 0 Å². The Morgan fingerprint density at radius 3 is 2.17 bits per heavy atom. The number of rotatable bonds is 2. The van der Waals surface area contributed by atoms with Crippen molar-refractivity contribution in [3.63, 3.8) is 0 Å². The average Bonchev–Trinajstić information content (AvgIpc) is 2.75. The van der Waals surface area contributed by atoms with Crippen molar-refractivity contribution in [1.29, 1.82) is 0 Å². The zero-order chi connectivity index (χ0) is 20.0. The second-order valence-electron chi connectivity index (χ2n) is 6.94. The van der Waals surface area contributed by atoms with E-state index in [4.69, 9.17) is 5.73 Å². The number of anilines is 4. The van der Waals surface area contributed by atoms with Crippen molar-refractivity contribution in [3.8, 4) is 11.1 Å². The van der Waals surface area contributed by atoms with Gasteiger partial charge in [-0.05, 0) is 0 Å². The number of hydrogen-bond acceptors (Lipinski definition) is 3. The molecule has 0 fully saturated rings. The summed E-state index contributed by atoms with van der Waals surface area (Å²) in [6.07, 6.45) is 0. The van der Waals surface area contributed by atoms with E-state index >= 15 is 0 Å². The Hall–Kier alpha value is -2.77. The molecule has 0 spiro atoms. The zero-order valence-electron chi connectivity index (χ0n) is 15.6. The Morgan fingerprint density at radius 1 is 0.724 bits per heavy atom. The van der Waals surface area contributed by atoms with E-state index in [1.54, 1.807) is 0 Å². The van der Waals surface area contributed by atoms with Crippen LogP contribution in [0.25, 0.3) is 11.1 Å². The molecule has 1 aliphatic rings. The van der Waals surface area contributed by atoms with E-state index in [1.807, 2.05) is 54.6 Å². The van der Waals surface area contributed by atoms with Gasteiger partial charge in [0.2, 0.25) is 0 Å². The van der Waals surface area contributed by atoms with Gasteiger partial charge in [-0.2, -0.15) is 0 Å². The molecule has 1 aliphatic heterocycles. The summed E-state index contributed by atoms with van der Waals surface area (Å²) in [6, 6.07) is 30.5. The Labute approximate surface area is 176 Å². The summed E-state index contributed by atoms with van der Waals surface area (Å²) in [6.45, 7) is 0. The molecule has 5 rings (SSSR count). The van der Waals surface area contributed by atoms with Crippen molar-refractivity contribution in [2.45, 2.75) is 0 Å². The second kappa shape index (κ2) is 7.24. The molecule has 0 bridgehead atoms. The van der Waals surface area contributed by atoms with E-state index in [2.05, 4.69) is 50.5 Å². The number of nitrogens with two attached hydrogens (primary N) is 1. The number of nitrogens with zero attached hydrogens (tertiary/aromatic N) is 1. The van der Waals surface area contributed by atoms with Gasteiger partial charge in [-0.25, -0.2) is 0 Å². The van der Waals surface area contributed by atoms with Crippen molar-refractivity contribution < 1.29 is 3.83 Å². The predicted molar refractivity (Wildman–Crippen MR) is 126 cm³/mol. The first-order valence-corrected chi connectivity index (χ1v) is 12.3. The summed E-state index contributed by atoms with van der Waals surface area (Å²) in [5.74, 6) is 0. The van der Waals surface area contributed by atoms with Crippen LogP contribution in [0, 0.1) is 0 Å². The molecular formula is C24H19N2OPSe. The summed E-state index contributed by atoms with van der Waals surface area (Å²) in [5.41, 5.74) is 11.9. The third kappa shape index (κ3) is 3.10. The zero-order valence-corrected chi connectivity index (χ0v) is 18.4. The quantitative estimate of drug-likeness (QED) is 0.248. The summed E-state index contributed by atoms with van der Waals surface area (Å²) < 4.78 is 15.2. The normalized spacial score (nSPS) is 14.9. The van der Waals surface area contributed by atoms with Gasteiger partial charge >= 0.3 is 177 Å². The van der Waals surface area contributed by atoms with Crippen LogP contribution < -0.4 is 24.9 Å². The Bertz CT molecular complexity index is 1200. The van der Waals surface area contributed by atoms with Crippen LogP contribution in [0.2, 0.25) is 0 Å². The van der Waals surface area contributed by atoms with Crippen LogP contribution in [0.5, 0.6) is 0 Å². The first kappa shape index (κ1) is 18.3. The summed E-state index contributed by atoms with van der Waals surface area (Å²) >= 11 is -2.42. The van der Waals surface area contributed by atoms with E-state index in [1.165, 1.54) is 0 Å².